The van der Waals surface area contributed by atoms with E-state index in [4.69, 9.17) is 17.3 Å². The van der Waals surface area contributed by atoms with Gasteiger partial charge in [0.15, 0.2) is 0 Å². The van der Waals surface area contributed by atoms with Crippen molar-refractivity contribution in [3.63, 3.8) is 0 Å². The molecule has 0 saturated carbocycles. The highest BCUT2D eigenvalue weighted by molar-refractivity contribution is 6.30. The predicted molar refractivity (Wildman–Crippen MR) is 64.1 cm³/mol. The highest BCUT2D eigenvalue weighted by Crippen LogP contribution is 2.17. The molecular weight excluding hydrogens is 222 g/mol. The Balaban J connectivity index is 2.11. The molecule has 1 heterocycles. The van der Waals surface area contributed by atoms with Gasteiger partial charge in [0.2, 0.25) is 0 Å². The van der Waals surface area contributed by atoms with E-state index in [1.807, 2.05) is 24.3 Å². The minimum atomic E-state index is -0.0975. The largest absolute Gasteiger partial charge is 0.324 e. The van der Waals surface area contributed by atoms with E-state index >= 15 is 0 Å². The van der Waals surface area contributed by atoms with Crippen molar-refractivity contribution in [3.8, 4) is 0 Å². The lowest BCUT2D eigenvalue weighted by atomic mass is 10.0. The Morgan fingerprint density at radius 1 is 1.25 bits per heavy atom. The fraction of sp³-hybridized carbons (Fsp3) is 0.167. The third-order valence-electron chi connectivity index (χ3n) is 2.35. The number of hydrogen-bond donors (Lipinski definition) is 1. The number of aromatic nitrogens is 2. The third-order valence-corrected chi connectivity index (χ3v) is 2.59. The Kier molecular flexibility index (Phi) is 3.49. The number of rotatable bonds is 3. The zero-order valence-electron chi connectivity index (χ0n) is 8.68. The molecule has 3 nitrogen and oxygen atoms in total. The molecule has 2 aromatic rings. The Bertz CT molecular complexity index is 459. The lowest BCUT2D eigenvalue weighted by molar-refractivity contribution is 0.713. The van der Waals surface area contributed by atoms with Gasteiger partial charge in [-0.25, -0.2) is 9.97 Å². The number of hydrogen-bond acceptors (Lipinski definition) is 3. The lowest BCUT2D eigenvalue weighted by Gasteiger charge is -2.11. The van der Waals surface area contributed by atoms with Crippen LogP contribution >= 0.6 is 11.6 Å². The summed E-state index contributed by atoms with van der Waals surface area (Å²) < 4.78 is 0. The highest BCUT2D eigenvalue weighted by Gasteiger charge is 2.07. The minimum absolute atomic E-state index is 0.0975. The molecule has 0 bridgehead atoms. The Hall–Kier alpha value is -1.45. The van der Waals surface area contributed by atoms with Crippen molar-refractivity contribution in [2.45, 2.75) is 12.5 Å². The van der Waals surface area contributed by atoms with E-state index in [0.29, 0.717) is 0 Å². The fourth-order valence-electron chi connectivity index (χ4n) is 1.54. The fourth-order valence-corrected chi connectivity index (χ4v) is 1.75. The quantitative estimate of drug-likeness (QED) is 0.886. The monoisotopic (exact) mass is 233 g/mol. The van der Waals surface area contributed by atoms with Crippen LogP contribution in [0.25, 0.3) is 0 Å². The zero-order chi connectivity index (χ0) is 11.4. The molecule has 0 aliphatic carbocycles. The Morgan fingerprint density at radius 3 is 2.69 bits per heavy atom. The summed E-state index contributed by atoms with van der Waals surface area (Å²) in [5.74, 6) is 0. The summed E-state index contributed by atoms with van der Waals surface area (Å²) in [5.41, 5.74) is 8.10. The van der Waals surface area contributed by atoms with E-state index in [1.54, 1.807) is 12.4 Å². The molecule has 0 spiro atoms. The van der Waals surface area contributed by atoms with Gasteiger partial charge in [-0.2, -0.15) is 0 Å². The van der Waals surface area contributed by atoms with E-state index in [-0.39, 0.29) is 6.04 Å². The van der Waals surface area contributed by atoms with Gasteiger partial charge in [0.1, 0.15) is 6.33 Å². The smallest absolute Gasteiger partial charge is 0.115 e. The van der Waals surface area contributed by atoms with Gasteiger partial charge >= 0.3 is 0 Å². The van der Waals surface area contributed by atoms with Crippen LogP contribution in [0.15, 0.2) is 43.0 Å². The van der Waals surface area contributed by atoms with Crippen LogP contribution in [0.5, 0.6) is 0 Å². The molecule has 1 unspecified atom stereocenters. The summed E-state index contributed by atoms with van der Waals surface area (Å²) in [4.78, 5) is 7.90. The molecule has 16 heavy (non-hydrogen) atoms. The van der Waals surface area contributed by atoms with Crippen LogP contribution in [0.3, 0.4) is 0 Å². The molecule has 1 atom stereocenters. The second-order valence-corrected chi connectivity index (χ2v) is 4.05. The van der Waals surface area contributed by atoms with Crippen LogP contribution in [-0.2, 0) is 6.42 Å². The van der Waals surface area contributed by atoms with Gasteiger partial charge in [-0.15, -0.1) is 0 Å². The Morgan fingerprint density at radius 2 is 2.00 bits per heavy atom. The number of benzene rings is 1. The maximum atomic E-state index is 6.05. The second-order valence-electron chi connectivity index (χ2n) is 3.61. The van der Waals surface area contributed by atoms with Gasteiger partial charge in [0, 0.05) is 29.0 Å². The van der Waals surface area contributed by atoms with E-state index in [9.17, 15) is 0 Å². The average Bonchev–Trinajstić information content (AvgIpc) is 2.30. The van der Waals surface area contributed by atoms with Gasteiger partial charge in [0.25, 0.3) is 0 Å². The average molecular weight is 234 g/mol. The topological polar surface area (TPSA) is 51.8 Å². The maximum absolute atomic E-state index is 6.05. The summed E-state index contributed by atoms with van der Waals surface area (Å²) in [7, 11) is 0. The van der Waals surface area contributed by atoms with Crippen molar-refractivity contribution >= 4 is 11.6 Å². The first kappa shape index (κ1) is 11.0. The first-order valence-corrected chi connectivity index (χ1v) is 5.38. The van der Waals surface area contributed by atoms with Crippen LogP contribution in [0.1, 0.15) is 17.2 Å². The predicted octanol–water partition coefficient (Wildman–Crippen LogP) is 2.37. The maximum Gasteiger partial charge on any atom is 0.115 e. The highest BCUT2D eigenvalue weighted by atomic mass is 35.5. The van der Waals surface area contributed by atoms with E-state index in [2.05, 4.69) is 9.97 Å². The summed E-state index contributed by atoms with van der Waals surface area (Å²) in [6.45, 7) is 0. The molecular formula is C12H12ClN3. The van der Waals surface area contributed by atoms with E-state index < -0.39 is 0 Å². The SMILES string of the molecule is NC(Cc1cccc(Cl)c1)c1cncnc1. The molecule has 2 rings (SSSR count). The van der Waals surface area contributed by atoms with Crippen molar-refractivity contribution < 1.29 is 0 Å². The molecule has 0 aliphatic heterocycles. The van der Waals surface area contributed by atoms with Crippen molar-refractivity contribution in [1.29, 1.82) is 0 Å². The minimum Gasteiger partial charge on any atom is -0.324 e. The lowest BCUT2D eigenvalue weighted by Crippen LogP contribution is -2.13. The van der Waals surface area contributed by atoms with Crippen LogP contribution in [-0.4, -0.2) is 9.97 Å². The normalized spacial score (nSPS) is 12.4. The third kappa shape index (κ3) is 2.78. The van der Waals surface area contributed by atoms with Gasteiger partial charge in [-0.1, -0.05) is 23.7 Å². The second kappa shape index (κ2) is 5.05. The van der Waals surface area contributed by atoms with Gasteiger partial charge in [0.05, 0.1) is 0 Å². The molecule has 1 aromatic carbocycles. The van der Waals surface area contributed by atoms with Gasteiger partial charge < -0.3 is 5.73 Å². The van der Waals surface area contributed by atoms with Crippen molar-refractivity contribution in [3.05, 3.63) is 59.1 Å². The van der Waals surface area contributed by atoms with E-state index in [0.717, 1.165) is 22.6 Å². The molecule has 4 heteroatoms. The van der Waals surface area contributed by atoms with Crippen molar-refractivity contribution in [2.24, 2.45) is 5.73 Å². The van der Waals surface area contributed by atoms with Crippen LogP contribution in [0, 0.1) is 0 Å². The number of halogens is 1. The molecule has 0 radical (unpaired) electrons. The molecule has 1 aromatic heterocycles. The first-order valence-electron chi connectivity index (χ1n) is 5.00. The summed E-state index contributed by atoms with van der Waals surface area (Å²) in [6.07, 6.45) is 5.70. The zero-order valence-corrected chi connectivity index (χ0v) is 9.43. The van der Waals surface area contributed by atoms with Gasteiger partial charge in [-0.3, -0.25) is 0 Å². The molecule has 82 valence electrons. The molecule has 0 saturated heterocycles. The summed E-state index contributed by atoms with van der Waals surface area (Å²) >= 11 is 5.91. The van der Waals surface area contributed by atoms with Crippen LogP contribution in [0.4, 0.5) is 0 Å². The molecule has 0 fully saturated rings. The van der Waals surface area contributed by atoms with Gasteiger partial charge in [-0.05, 0) is 24.1 Å². The van der Waals surface area contributed by atoms with Crippen molar-refractivity contribution in [2.75, 3.05) is 0 Å². The standard InChI is InChI=1S/C12H12ClN3/c13-11-3-1-2-9(4-11)5-12(14)10-6-15-8-16-7-10/h1-4,6-8,12H,5,14H2. The summed E-state index contributed by atoms with van der Waals surface area (Å²) in [5, 5.41) is 0.731. The summed E-state index contributed by atoms with van der Waals surface area (Å²) in [6, 6.07) is 7.61. The van der Waals surface area contributed by atoms with E-state index in [1.165, 1.54) is 6.33 Å². The van der Waals surface area contributed by atoms with Crippen LogP contribution in [0.2, 0.25) is 5.02 Å². The van der Waals surface area contributed by atoms with Crippen LogP contribution < -0.4 is 5.73 Å². The van der Waals surface area contributed by atoms with Crippen molar-refractivity contribution in [1.82, 2.24) is 9.97 Å². The number of nitrogens with zero attached hydrogens (tertiary/aromatic N) is 2. The molecule has 0 amide bonds. The Labute approximate surface area is 99.3 Å². The molecule has 0 aliphatic rings. The first-order chi connectivity index (χ1) is 7.75. The molecule has 2 N–H and O–H groups in total. The number of nitrogens with two attached hydrogens (primary N) is 1.